The van der Waals surface area contributed by atoms with E-state index in [1.54, 1.807) is 0 Å². The van der Waals surface area contributed by atoms with Crippen LogP contribution < -0.4 is 5.32 Å². The molecule has 0 saturated carbocycles. The van der Waals surface area contributed by atoms with Gasteiger partial charge in [-0.25, -0.2) is 0 Å². The van der Waals surface area contributed by atoms with E-state index in [9.17, 15) is 4.79 Å². The van der Waals surface area contributed by atoms with Crippen LogP contribution in [0, 0.1) is 0 Å². The maximum Gasteiger partial charge on any atom is 0.154 e. The summed E-state index contributed by atoms with van der Waals surface area (Å²) >= 11 is 0. The van der Waals surface area contributed by atoms with E-state index in [0.29, 0.717) is 24.0 Å². The van der Waals surface area contributed by atoms with Crippen molar-refractivity contribution >= 4 is 11.5 Å². The molecule has 20 heavy (non-hydrogen) atoms. The summed E-state index contributed by atoms with van der Waals surface area (Å²) in [7, 11) is 0. The van der Waals surface area contributed by atoms with Crippen molar-refractivity contribution in [1.82, 2.24) is 0 Å². The Morgan fingerprint density at radius 1 is 1.05 bits per heavy atom. The lowest BCUT2D eigenvalue weighted by Gasteiger charge is -2.25. The molecule has 0 aliphatic heterocycles. The molecule has 1 atom stereocenters. The lowest BCUT2D eigenvalue weighted by Crippen LogP contribution is -2.29. The molecule has 1 unspecified atom stereocenters. The summed E-state index contributed by atoms with van der Waals surface area (Å²) in [6, 6.07) is 6.39. The molecular formula is C18H29NO. The monoisotopic (exact) mass is 275 g/mol. The quantitative estimate of drug-likeness (QED) is 0.749. The van der Waals surface area contributed by atoms with Gasteiger partial charge in [0, 0.05) is 12.1 Å². The summed E-state index contributed by atoms with van der Waals surface area (Å²) in [5.41, 5.74) is 3.78. The Morgan fingerprint density at radius 3 is 1.90 bits per heavy atom. The Bertz CT molecular complexity index is 422. The molecule has 0 saturated heterocycles. The van der Waals surface area contributed by atoms with Crippen molar-refractivity contribution < 1.29 is 4.79 Å². The topological polar surface area (TPSA) is 29.1 Å². The molecule has 0 amide bonds. The van der Waals surface area contributed by atoms with Gasteiger partial charge in [0.25, 0.3) is 0 Å². The third-order valence-electron chi connectivity index (χ3n) is 3.84. The number of benzene rings is 1. The highest BCUT2D eigenvalue weighted by Crippen LogP contribution is 2.33. The number of hydrogen-bond donors (Lipinski definition) is 1. The minimum absolute atomic E-state index is 0.0719. The number of ketones is 1. The largest absolute Gasteiger partial charge is 0.375 e. The first-order chi connectivity index (χ1) is 9.42. The molecule has 0 spiro atoms. The Kier molecular flexibility index (Phi) is 6.25. The molecule has 1 N–H and O–H groups in total. The van der Waals surface area contributed by atoms with Gasteiger partial charge in [-0.2, -0.15) is 0 Å². The summed E-state index contributed by atoms with van der Waals surface area (Å²) < 4.78 is 0. The number of anilines is 1. The third-order valence-corrected chi connectivity index (χ3v) is 3.84. The first-order valence-electron chi connectivity index (χ1n) is 7.84. The van der Waals surface area contributed by atoms with Gasteiger partial charge in [-0.3, -0.25) is 4.79 Å². The number of hydrogen-bond acceptors (Lipinski definition) is 2. The van der Waals surface area contributed by atoms with E-state index in [1.165, 1.54) is 16.8 Å². The Balaban J connectivity index is 3.22. The Morgan fingerprint density at radius 2 is 1.55 bits per heavy atom. The van der Waals surface area contributed by atoms with Crippen molar-refractivity contribution in [3.63, 3.8) is 0 Å². The van der Waals surface area contributed by atoms with Crippen LogP contribution in [0.5, 0.6) is 0 Å². The number of nitrogens with one attached hydrogen (secondary N) is 1. The van der Waals surface area contributed by atoms with E-state index in [-0.39, 0.29) is 6.04 Å². The van der Waals surface area contributed by atoms with Crippen LogP contribution in [-0.4, -0.2) is 11.8 Å². The summed E-state index contributed by atoms with van der Waals surface area (Å²) in [6.45, 7) is 12.8. The van der Waals surface area contributed by atoms with Gasteiger partial charge in [-0.1, -0.05) is 59.7 Å². The molecule has 2 nitrogen and oxygen atoms in total. The van der Waals surface area contributed by atoms with Gasteiger partial charge in [0.15, 0.2) is 5.78 Å². The molecule has 2 heteroatoms. The molecule has 112 valence electrons. The molecule has 0 heterocycles. The fourth-order valence-corrected chi connectivity index (χ4v) is 2.55. The second-order valence-electron chi connectivity index (χ2n) is 6.05. The number of carbonyl (C=O) groups is 1. The van der Waals surface area contributed by atoms with Gasteiger partial charge < -0.3 is 5.32 Å². The predicted octanol–water partition coefficient (Wildman–Crippen LogP) is 5.10. The third kappa shape index (κ3) is 3.84. The maximum absolute atomic E-state index is 12.0. The number of para-hydroxylation sites is 1. The smallest absolute Gasteiger partial charge is 0.154 e. The van der Waals surface area contributed by atoms with E-state index < -0.39 is 0 Å². The number of rotatable bonds is 7. The fourth-order valence-electron chi connectivity index (χ4n) is 2.55. The van der Waals surface area contributed by atoms with Gasteiger partial charge in [0.05, 0.1) is 6.04 Å². The standard InChI is InChI=1S/C18H29NO/c1-7-16(17(20)8-2)19-18-14(12(3)4)10-9-11-15(18)13(5)6/h9-13,16,19H,7-8H2,1-6H3. The van der Waals surface area contributed by atoms with Gasteiger partial charge in [-0.05, 0) is 29.4 Å². The Hall–Kier alpha value is -1.31. The normalized spacial score (nSPS) is 12.8. The molecule has 0 fully saturated rings. The fraction of sp³-hybridized carbons (Fsp3) is 0.611. The van der Waals surface area contributed by atoms with Crippen molar-refractivity contribution in [2.45, 2.75) is 72.3 Å². The molecular weight excluding hydrogens is 246 g/mol. The number of carbonyl (C=O) groups excluding carboxylic acids is 1. The zero-order chi connectivity index (χ0) is 15.3. The van der Waals surface area contributed by atoms with Crippen LogP contribution in [0.3, 0.4) is 0 Å². The van der Waals surface area contributed by atoms with Crippen LogP contribution in [0.2, 0.25) is 0 Å². The highest BCUT2D eigenvalue weighted by molar-refractivity contribution is 5.87. The summed E-state index contributed by atoms with van der Waals surface area (Å²) in [5, 5.41) is 3.53. The van der Waals surface area contributed by atoms with Gasteiger partial charge in [-0.15, -0.1) is 0 Å². The SMILES string of the molecule is CCC(=O)C(CC)Nc1c(C(C)C)cccc1C(C)C. The van der Waals surface area contributed by atoms with E-state index in [2.05, 4.69) is 58.1 Å². The average molecular weight is 275 g/mol. The van der Waals surface area contributed by atoms with Crippen molar-refractivity contribution in [2.24, 2.45) is 0 Å². The molecule has 1 aromatic carbocycles. The average Bonchev–Trinajstić information content (AvgIpc) is 2.43. The first kappa shape index (κ1) is 16.7. The van der Waals surface area contributed by atoms with E-state index >= 15 is 0 Å². The zero-order valence-corrected chi connectivity index (χ0v) is 13.8. The zero-order valence-electron chi connectivity index (χ0n) is 13.8. The highest BCUT2D eigenvalue weighted by atomic mass is 16.1. The van der Waals surface area contributed by atoms with Crippen LogP contribution in [-0.2, 0) is 4.79 Å². The molecule has 1 rings (SSSR count). The van der Waals surface area contributed by atoms with E-state index in [0.717, 1.165) is 6.42 Å². The summed E-state index contributed by atoms with van der Waals surface area (Å²) in [5.74, 6) is 1.19. The predicted molar refractivity (Wildman–Crippen MR) is 87.6 cm³/mol. The minimum Gasteiger partial charge on any atom is -0.375 e. The van der Waals surface area contributed by atoms with Crippen LogP contribution in [0.1, 0.15) is 77.3 Å². The number of Topliss-reactive ketones (excluding diaryl/α,β-unsaturated/α-hetero) is 1. The van der Waals surface area contributed by atoms with Gasteiger partial charge in [0.2, 0.25) is 0 Å². The second-order valence-corrected chi connectivity index (χ2v) is 6.05. The molecule has 0 aliphatic rings. The molecule has 0 radical (unpaired) electrons. The summed E-state index contributed by atoms with van der Waals surface area (Å²) in [4.78, 5) is 12.0. The molecule has 0 aliphatic carbocycles. The van der Waals surface area contributed by atoms with Crippen LogP contribution >= 0.6 is 0 Å². The minimum atomic E-state index is -0.0719. The van der Waals surface area contributed by atoms with Crippen molar-refractivity contribution in [1.29, 1.82) is 0 Å². The van der Waals surface area contributed by atoms with Crippen LogP contribution in [0.25, 0.3) is 0 Å². The van der Waals surface area contributed by atoms with E-state index in [4.69, 9.17) is 0 Å². The second kappa shape index (κ2) is 7.47. The molecule has 0 bridgehead atoms. The Labute approximate surface area is 124 Å². The maximum atomic E-state index is 12.0. The van der Waals surface area contributed by atoms with E-state index in [1.807, 2.05) is 6.92 Å². The first-order valence-corrected chi connectivity index (χ1v) is 7.84. The van der Waals surface area contributed by atoms with Gasteiger partial charge in [0.1, 0.15) is 0 Å². The van der Waals surface area contributed by atoms with Crippen molar-refractivity contribution in [2.75, 3.05) is 5.32 Å². The van der Waals surface area contributed by atoms with Crippen molar-refractivity contribution in [3.8, 4) is 0 Å². The molecule has 1 aromatic rings. The summed E-state index contributed by atoms with van der Waals surface area (Å²) in [6.07, 6.45) is 1.42. The highest BCUT2D eigenvalue weighted by Gasteiger charge is 2.19. The van der Waals surface area contributed by atoms with Crippen LogP contribution in [0.4, 0.5) is 5.69 Å². The lowest BCUT2D eigenvalue weighted by atomic mass is 9.92. The lowest BCUT2D eigenvalue weighted by molar-refractivity contribution is -0.119. The van der Waals surface area contributed by atoms with Crippen LogP contribution in [0.15, 0.2) is 18.2 Å². The molecule has 0 aromatic heterocycles. The van der Waals surface area contributed by atoms with Crippen molar-refractivity contribution in [3.05, 3.63) is 29.3 Å². The van der Waals surface area contributed by atoms with Gasteiger partial charge >= 0.3 is 0 Å².